The minimum atomic E-state index is -0.289. The number of carbonyl (C=O) groups is 1. The quantitative estimate of drug-likeness (QED) is 0.900. The summed E-state index contributed by atoms with van der Waals surface area (Å²) in [5.41, 5.74) is 1.83. The zero-order chi connectivity index (χ0) is 14.4. The van der Waals surface area contributed by atoms with E-state index in [4.69, 9.17) is 0 Å². The Hall–Kier alpha value is -2.43. The van der Waals surface area contributed by atoms with E-state index in [9.17, 15) is 9.18 Å². The van der Waals surface area contributed by atoms with Crippen LogP contribution in [0.15, 0.2) is 48.8 Å². The molecule has 0 saturated carbocycles. The summed E-state index contributed by atoms with van der Waals surface area (Å²) in [6, 6.07) is 9.29. The molecule has 5 heteroatoms. The van der Waals surface area contributed by atoms with Gasteiger partial charge in [-0.3, -0.25) is 4.98 Å². The molecule has 2 rings (SSSR count). The summed E-state index contributed by atoms with van der Waals surface area (Å²) in [6.07, 6.45) is 3.35. The molecule has 0 aliphatic heterocycles. The Balaban J connectivity index is 1.83. The van der Waals surface area contributed by atoms with Gasteiger partial charge in [0.15, 0.2) is 0 Å². The highest BCUT2D eigenvalue weighted by molar-refractivity contribution is 5.74. The number of pyridine rings is 1. The molecule has 0 spiro atoms. The lowest BCUT2D eigenvalue weighted by atomic mass is 10.1. The molecule has 0 aliphatic rings. The highest BCUT2D eigenvalue weighted by Crippen LogP contribution is 2.12. The summed E-state index contributed by atoms with van der Waals surface area (Å²) < 4.78 is 12.8. The van der Waals surface area contributed by atoms with Gasteiger partial charge in [-0.1, -0.05) is 12.1 Å². The average Bonchev–Trinajstić information content (AvgIpc) is 2.47. The first-order valence-electron chi connectivity index (χ1n) is 6.34. The number of hydrogen-bond acceptors (Lipinski definition) is 2. The Bertz CT molecular complexity index is 557. The summed E-state index contributed by atoms with van der Waals surface area (Å²) in [5.74, 6) is -0.289. The number of amides is 2. The fourth-order valence-electron chi connectivity index (χ4n) is 1.77. The third-order valence-corrected chi connectivity index (χ3v) is 2.92. The Morgan fingerprint density at radius 2 is 1.85 bits per heavy atom. The molecule has 2 N–H and O–H groups in total. The maximum absolute atomic E-state index is 12.8. The molecule has 104 valence electrons. The van der Waals surface area contributed by atoms with Crippen molar-refractivity contribution in [3.05, 3.63) is 65.7 Å². The number of benzene rings is 1. The molecule has 1 aromatic carbocycles. The van der Waals surface area contributed by atoms with E-state index in [1.54, 1.807) is 24.5 Å². The molecule has 0 saturated heterocycles. The van der Waals surface area contributed by atoms with Gasteiger partial charge in [0, 0.05) is 18.9 Å². The fourth-order valence-corrected chi connectivity index (χ4v) is 1.77. The summed E-state index contributed by atoms with van der Waals surface area (Å²) in [4.78, 5) is 15.7. The smallest absolute Gasteiger partial charge is 0.315 e. The van der Waals surface area contributed by atoms with Gasteiger partial charge in [0.05, 0.1) is 6.04 Å². The number of nitrogens with zero attached hydrogens (tertiary/aromatic N) is 1. The number of halogens is 1. The van der Waals surface area contributed by atoms with E-state index in [0.29, 0.717) is 6.54 Å². The van der Waals surface area contributed by atoms with Crippen molar-refractivity contribution in [1.29, 1.82) is 0 Å². The van der Waals surface area contributed by atoms with Gasteiger partial charge >= 0.3 is 6.03 Å². The topological polar surface area (TPSA) is 54.0 Å². The lowest BCUT2D eigenvalue weighted by Crippen LogP contribution is -2.36. The molecule has 4 nitrogen and oxygen atoms in total. The Labute approximate surface area is 117 Å². The van der Waals surface area contributed by atoms with E-state index < -0.39 is 0 Å². The van der Waals surface area contributed by atoms with Crippen LogP contribution in [0, 0.1) is 5.82 Å². The van der Waals surface area contributed by atoms with Crippen LogP contribution in [0.2, 0.25) is 0 Å². The lowest BCUT2D eigenvalue weighted by molar-refractivity contribution is 0.237. The number of carbonyl (C=O) groups excluding carboxylic acids is 1. The van der Waals surface area contributed by atoms with Gasteiger partial charge in [0.2, 0.25) is 0 Å². The average molecular weight is 273 g/mol. The van der Waals surface area contributed by atoms with Crippen LogP contribution in [0.1, 0.15) is 24.1 Å². The Kier molecular flexibility index (Phi) is 4.65. The summed E-state index contributed by atoms with van der Waals surface area (Å²) in [6.45, 7) is 2.28. The molecule has 0 aliphatic carbocycles. The highest BCUT2D eigenvalue weighted by Gasteiger charge is 2.09. The van der Waals surface area contributed by atoms with Gasteiger partial charge in [-0.2, -0.15) is 0 Å². The molecule has 1 unspecified atom stereocenters. The highest BCUT2D eigenvalue weighted by atomic mass is 19.1. The molecule has 20 heavy (non-hydrogen) atoms. The predicted octanol–water partition coefficient (Wildman–Crippen LogP) is 2.78. The van der Waals surface area contributed by atoms with E-state index >= 15 is 0 Å². The normalized spacial score (nSPS) is 11.7. The molecule has 0 radical (unpaired) electrons. The monoisotopic (exact) mass is 273 g/mol. The van der Waals surface area contributed by atoms with Crippen LogP contribution in [0.5, 0.6) is 0 Å². The zero-order valence-electron chi connectivity index (χ0n) is 11.1. The van der Waals surface area contributed by atoms with Crippen LogP contribution in [0.3, 0.4) is 0 Å². The van der Waals surface area contributed by atoms with Crippen molar-refractivity contribution in [1.82, 2.24) is 15.6 Å². The molecule has 0 bridgehead atoms. The van der Waals surface area contributed by atoms with E-state index in [2.05, 4.69) is 15.6 Å². The van der Waals surface area contributed by atoms with Crippen molar-refractivity contribution in [2.75, 3.05) is 0 Å². The molecular formula is C15H16FN3O. The number of urea groups is 1. The Morgan fingerprint density at radius 1 is 1.20 bits per heavy atom. The van der Waals surface area contributed by atoms with E-state index in [0.717, 1.165) is 11.1 Å². The molecule has 0 fully saturated rings. The first-order chi connectivity index (χ1) is 9.65. The van der Waals surface area contributed by atoms with Gasteiger partial charge in [0.25, 0.3) is 0 Å². The maximum atomic E-state index is 12.8. The molecule has 1 heterocycles. The van der Waals surface area contributed by atoms with Crippen LogP contribution < -0.4 is 10.6 Å². The molecule has 1 aromatic heterocycles. The van der Waals surface area contributed by atoms with Crippen molar-refractivity contribution >= 4 is 6.03 Å². The van der Waals surface area contributed by atoms with Crippen molar-refractivity contribution in [3.63, 3.8) is 0 Å². The summed E-state index contributed by atoms with van der Waals surface area (Å²) in [7, 11) is 0. The summed E-state index contributed by atoms with van der Waals surface area (Å²) in [5, 5.41) is 5.56. The standard InChI is InChI=1S/C15H16FN3O/c1-11(13-2-4-14(16)5-3-13)19-15(20)18-10-12-6-8-17-9-7-12/h2-9,11H,10H2,1H3,(H2,18,19,20). The molecule has 1 atom stereocenters. The van der Waals surface area contributed by atoms with Crippen LogP contribution in [-0.2, 0) is 6.54 Å². The second kappa shape index (κ2) is 6.65. The van der Waals surface area contributed by atoms with Crippen molar-refractivity contribution in [2.45, 2.75) is 19.5 Å². The first kappa shape index (κ1) is 14.0. The van der Waals surface area contributed by atoms with Gasteiger partial charge in [-0.25, -0.2) is 9.18 Å². The minimum Gasteiger partial charge on any atom is -0.334 e. The van der Waals surface area contributed by atoms with Gasteiger partial charge < -0.3 is 10.6 Å². The van der Waals surface area contributed by atoms with Crippen LogP contribution in [-0.4, -0.2) is 11.0 Å². The molecule has 2 amide bonds. The van der Waals surface area contributed by atoms with E-state index in [1.807, 2.05) is 19.1 Å². The van der Waals surface area contributed by atoms with Gasteiger partial charge in [-0.05, 0) is 42.3 Å². The van der Waals surface area contributed by atoms with E-state index in [-0.39, 0.29) is 17.9 Å². The zero-order valence-corrected chi connectivity index (χ0v) is 11.1. The second-order valence-corrected chi connectivity index (χ2v) is 4.46. The SMILES string of the molecule is CC(NC(=O)NCc1ccncc1)c1ccc(F)cc1. The van der Waals surface area contributed by atoms with E-state index in [1.165, 1.54) is 12.1 Å². The van der Waals surface area contributed by atoms with Crippen molar-refractivity contribution in [3.8, 4) is 0 Å². The number of aromatic nitrogens is 1. The number of hydrogen-bond donors (Lipinski definition) is 2. The molecular weight excluding hydrogens is 257 g/mol. The third-order valence-electron chi connectivity index (χ3n) is 2.92. The third kappa shape index (κ3) is 4.05. The molecule has 2 aromatic rings. The fraction of sp³-hybridized carbons (Fsp3) is 0.200. The number of nitrogens with one attached hydrogen (secondary N) is 2. The maximum Gasteiger partial charge on any atom is 0.315 e. The first-order valence-corrected chi connectivity index (χ1v) is 6.34. The van der Waals surface area contributed by atoms with Crippen LogP contribution in [0.4, 0.5) is 9.18 Å². The lowest BCUT2D eigenvalue weighted by Gasteiger charge is -2.15. The largest absolute Gasteiger partial charge is 0.334 e. The number of rotatable bonds is 4. The van der Waals surface area contributed by atoms with Crippen LogP contribution in [0.25, 0.3) is 0 Å². The Morgan fingerprint density at radius 3 is 2.50 bits per heavy atom. The summed E-state index contributed by atoms with van der Waals surface area (Å²) >= 11 is 0. The second-order valence-electron chi connectivity index (χ2n) is 4.46. The van der Waals surface area contributed by atoms with Crippen molar-refractivity contribution in [2.24, 2.45) is 0 Å². The minimum absolute atomic E-state index is 0.187. The van der Waals surface area contributed by atoms with Crippen LogP contribution >= 0.6 is 0 Å². The van der Waals surface area contributed by atoms with Crippen molar-refractivity contribution < 1.29 is 9.18 Å². The van der Waals surface area contributed by atoms with Gasteiger partial charge in [-0.15, -0.1) is 0 Å². The van der Waals surface area contributed by atoms with Gasteiger partial charge in [0.1, 0.15) is 5.82 Å². The predicted molar refractivity (Wildman–Crippen MR) is 74.4 cm³/mol.